The third-order valence-electron chi connectivity index (χ3n) is 3.51. The average molecular weight is 448 g/mol. The number of ether oxygens (including phenoxy) is 2. The summed E-state index contributed by atoms with van der Waals surface area (Å²) < 4.78 is 24.9. The van der Waals surface area contributed by atoms with Crippen molar-refractivity contribution in [2.75, 3.05) is 20.3 Å². The number of primary amides is 1. The molecule has 0 fully saturated rings. The van der Waals surface area contributed by atoms with Crippen LogP contribution < -0.4 is 20.5 Å². The molecule has 0 saturated heterocycles. The fourth-order valence-corrected chi connectivity index (χ4v) is 2.92. The number of benzene rings is 2. The minimum Gasteiger partial charge on any atom is -0.493 e. The van der Waals surface area contributed by atoms with Crippen LogP contribution in [0.2, 0.25) is 0 Å². The van der Waals surface area contributed by atoms with Crippen LogP contribution in [0.4, 0.5) is 4.39 Å². The van der Waals surface area contributed by atoms with Crippen molar-refractivity contribution in [2.24, 2.45) is 5.73 Å². The summed E-state index contributed by atoms with van der Waals surface area (Å²) in [5, 5.41) is 3.27. The molecule has 2 aromatic rings. The lowest BCUT2D eigenvalue weighted by molar-refractivity contribution is -0.119. The molecule has 2 aromatic carbocycles. The second kappa shape index (κ2) is 11.0. The highest BCUT2D eigenvalue weighted by Crippen LogP contribution is 2.36. The smallest absolute Gasteiger partial charge is 0.255 e. The van der Waals surface area contributed by atoms with E-state index in [1.54, 1.807) is 12.1 Å². The number of nitrogens with one attached hydrogen (secondary N) is 1. The molecule has 5 nitrogen and oxygen atoms in total. The van der Waals surface area contributed by atoms with Gasteiger partial charge < -0.3 is 20.5 Å². The predicted molar refractivity (Wildman–Crippen MR) is 104 cm³/mol. The Bertz CT molecular complexity index is 746. The van der Waals surface area contributed by atoms with Gasteiger partial charge in [0.1, 0.15) is 5.82 Å². The van der Waals surface area contributed by atoms with Crippen LogP contribution >= 0.6 is 28.3 Å². The standard InChI is InChI=1S/C18H20BrFN2O3.ClH/c1-24-16-9-12(8-14(19)18(16)25-11-17(21)23)10-22-7-6-13-4-2-3-5-15(13)20;/h2-5,8-9,22H,6-7,10-11H2,1H3,(H2,21,23);1H. The van der Waals surface area contributed by atoms with Crippen molar-refractivity contribution in [1.29, 1.82) is 0 Å². The minimum atomic E-state index is -0.562. The first-order valence-corrected chi connectivity index (χ1v) is 8.52. The molecule has 0 atom stereocenters. The zero-order valence-electron chi connectivity index (χ0n) is 14.3. The van der Waals surface area contributed by atoms with Gasteiger partial charge >= 0.3 is 0 Å². The van der Waals surface area contributed by atoms with E-state index in [9.17, 15) is 9.18 Å². The summed E-state index contributed by atoms with van der Waals surface area (Å²) >= 11 is 3.41. The Kier molecular flexibility index (Phi) is 9.40. The second-order valence-corrected chi connectivity index (χ2v) is 6.24. The summed E-state index contributed by atoms with van der Waals surface area (Å²) in [7, 11) is 1.52. The first-order valence-electron chi connectivity index (χ1n) is 7.73. The molecular formula is C18H21BrClFN2O3. The molecular weight excluding hydrogens is 427 g/mol. The quantitative estimate of drug-likeness (QED) is 0.579. The molecule has 0 aliphatic rings. The maximum atomic E-state index is 13.6. The van der Waals surface area contributed by atoms with Crippen LogP contribution in [-0.4, -0.2) is 26.2 Å². The van der Waals surface area contributed by atoms with Crippen LogP contribution in [0.1, 0.15) is 11.1 Å². The van der Waals surface area contributed by atoms with Gasteiger partial charge in [-0.3, -0.25) is 4.79 Å². The Morgan fingerprint density at radius 3 is 2.69 bits per heavy atom. The number of amides is 1. The molecule has 8 heteroatoms. The van der Waals surface area contributed by atoms with Crippen molar-refractivity contribution in [2.45, 2.75) is 13.0 Å². The van der Waals surface area contributed by atoms with Gasteiger partial charge in [0.15, 0.2) is 18.1 Å². The molecule has 1 amide bonds. The zero-order chi connectivity index (χ0) is 18.2. The van der Waals surface area contributed by atoms with Gasteiger partial charge in [-0.05, 0) is 58.2 Å². The zero-order valence-corrected chi connectivity index (χ0v) is 16.7. The average Bonchev–Trinajstić information content (AvgIpc) is 2.58. The van der Waals surface area contributed by atoms with Crippen LogP contribution in [0.25, 0.3) is 0 Å². The van der Waals surface area contributed by atoms with Crippen molar-refractivity contribution in [3.05, 3.63) is 57.8 Å². The van der Waals surface area contributed by atoms with Gasteiger partial charge in [-0.25, -0.2) is 4.39 Å². The second-order valence-electron chi connectivity index (χ2n) is 5.38. The largest absolute Gasteiger partial charge is 0.493 e. The molecule has 0 aromatic heterocycles. The van der Waals surface area contributed by atoms with E-state index in [4.69, 9.17) is 15.2 Å². The summed E-state index contributed by atoms with van der Waals surface area (Å²) in [4.78, 5) is 10.9. The Hall–Kier alpha value is -1.83. The lowest BCUT2D eigenvalue weighted by atomic mass is 10.1. The number of halogens is 3. The molecule has 0 heterocycles. The van der Waals surface area contributed by atoms with Gasteiger partial charge in [-0.2, -0.15) is 0 Å². The normalized spacial score (nSPS) is 10.1. The Labute approximate surface area is 166 Å². The van der Waals surface area contributed by atoms with Gasteiger partial charge in [0.05, 0.1) is 11.6 Å². The van der Waals surface area contributed by atoms with E-state index >= 15 is 0 Å². The van der Waals surface area contributed by atoms with Gasteiger partial charge in [-0.1, -0.05) is 18.2 Å². The Morgan fingerprint density at radius 2 is 2.04 bits per heavy atom. The highest BCUT2D eigenvalue weighted by molar-refractivity contribution is 9.10. The van der Waals surface area contributed by atoms with Gasteiger partial charge in [0, 0.05) is 6.54 Å². The van der Waals surface area contributed by atoms with Gasteiger partial charge in [0.25, 0.3) is 5.91 Å². The van der Waals surface area contributed by atoms with Crippen LogP contribution in [0.5, 0.6) is 11.5 Å². The van der Waals surface area contributed by atoms with E-state index in [1.807, 2.05) is 18.2 Å². The van der Waals surface area contributed by atoms with Gasteiger partial charge in [-0.15, -0.1) is 12.4 Å². The Balaban J connectivity index is 0.00000338. The van der Waals surface area contributed by atoms with E-state index in [1.165, 1.54) is 13.2 Å². The highest BCUT2D eigenvalue weighted by Gasteiger charge is 2.12. The summed E-state index contributed by atoms with van der Waals surface area (Å²) in [5.41, 5.74) is 6.74. The van der Waals surface area contributed by atoms with Crippen molar-refractivity contribution in [3.63, 3.8) is 0 Å². The molecule has 142 valence electrons. The molecule has 0 radical (unpaired) electrons. The highest BCUT2D eigenvalue weighted by atomic mass is 79.9. The molecule has 0 saturated carbocycles. The van der Waals surface area contributed by atoms with E-state index in [0.717, 1.165) is 5.56 Å². The lowest BCUT2D eigenvalue weighted by Gasteiger charge is -2.14. The van der Waals surface area contributed by atoms with Crippen LogP contribution in [0.3, 0.4) is 0 Å². The van der Waals surface area contributed by atoms with Crippen molar-refractivity contribution in [1.82, 2.24) is 5.32 Å². The monoisotopic (exact) mass is 446 g/mol. The fraction of sp³-hybridized carbons (Fsp3) is 0.278. The maximum Gasteiger partial charge on any atom is 0.255 e. The third-order valence-corrected chi connectivity index (χ3v) is 4.10. The Morgan fingerprint density at radius 1 is 1.31 bits per heavy atom. The SMILES string of the molecule is COc1cc(CNCCc2ccccc2F)cc(Br)c1OCC(N)=O.Cl. The first kappa shape index (κ1) is 22.2. The lowest BCUT2D eigenvalue weighted by Crippen LogP contribution is -2.20. The molecule has 3 N–H and O–H groups in total. The van der Waals surface area contributed by atoms with Crippen molar-refractivity contribution >= 4 is 34.2 Å². The van der Waals surface area contributed by atoms with E-state index in [0.29, 0.717) is 41.0 Å². The van der Waals surface area contributed by atoms with E-state index in [-0.39, 0.29) is 24.8 Å². The summed E-state index contributed by atoms with van der Waals surface area (Å²) in [6.45, 7) is 0.996. The number of nitrogens with two attached hydrogens (primary N) is 1. The van der Waals surface area contributed by atoms with E-state index < -0.39 is 5.91 Å². The molecule has 0 aliphatic carbocycles. The minimum absolute atomic E-state index is 0. The van der Waals surface area contributed by atoms with Gasteiger partial charge in [0.2, 0.25) is 0 Å². The summed E-state index contributed by atoms with van der Waals surface area (Å²) in [5.74, 6) is 0.176. The molecule has 26 heavy (non-hydrogen) atoms. The molecule has 0 bridgehead atoms. The van der Waals surface area contributed by atoms with Crippen LogP contribution in [0, 0.1) is 5.82 Å². The van der Waals surface area contributed by atoms with Crippen LogP contribution in [0.15, 0.2) is 40.9 Å². The topological polar surface area (TPSA) is 73.6 Å². The van der Waals surface area contributed by atoms with Crippen molar-refractivity contribution in [3.8, 4) is 11.5 Å². The third kappa shape index (κ3) is 6.48. The fourth-order valence-electron chi connectivity index (χ4n) is 2.32. The summed E-state index contributed by atoms with van der Waals surface area (Å²) in [6, 6.07) is 10.4. The number of hydrogen-bond acceptors (Lipinski definition) is 4. The summed E-state index contributed by atoms with van der Waals surface area (Å²) in [6.07, 6.45) is 0.602. The number of carbonyl (C=O) groups is 1. The first-order chi connectivity index (χ1) is 12.0. The number of hydrogen-bond donors (Lipinski definition) is 2. The van der Waals surface area contributed by atoms with Crippen molar-refractivity contribution < 1.29 is 18.7 Å². The maximum absolute atomic E-state index is 13.6. The molecule has 2 rings (SSSR count). The van der Waals surface area contributed by atoms with Crippen LogP contribution in [-0.2, 0) is 17.8 Å². The molecule has 0 unspecified atom stereocenters. The number of methoxy groups -OCH3 is 1. The predicted octanol–water partition coefficient (Wildman–Crippen LogP) is 3.22. The number of carbonyl (C=O) groups excluding carboxylic acids is 1. The molecule has 0 aliphatic heterocycles. The van der Waals surface area contributed by atoms with E-state index in [2.05, 4.69) is 21.2 Å². The number of rotatable bonds is 9. The molecule has 0 spiro atoms.